The summed E-state index contributed by atoms with van der Waals surface area (Å²) < 4.78 is 34.9. The van der Waals surface area contributed by atoms with Crippen molar-refractivity contribution in [3.8, 4) is 0 Å². The summed E-state index contributed by atoms with van der Waals surface area (Å²) in [4.78, 5) is 64.9. The number of nitrogens with zero attached hydrogens (tertiary/aromatic N) is 8. The predicted octanol–water partition coefficient (Wildman–Crippen LogP) is 2.00. The fourth-order valence-corrected chi connectivity index (χ4v) is 8.19. The SMILES string of the molecule is N=C(CC(=N)N1CCN(c2cc3c(c(N)c2F)c(=O)ccn3C2CC2)CC1)CC(=O)N=C(N)N=C(N)N1CCN(c2cc3c(c(N)c2F)c(=O)c(C(=O)O)cn3C2CC2)CC1. The highest BCUT2D eigenvalue weighted by molar-refractivity contribution is 6.10. The number of guanidine groups is 2. The molecule has 2 aromatic heterocycles. The van der Waals surface area contributed by atoms with Crippen molar-refractivity contribution < 1.29 is 23.5 Å². The molecule has 320 valence electrons. The van der Waals surface area contributed by atoms with Crippen LogP contribution in [-0.4, -0.2) is 112 Å². The maximum absolute atomic E-state index is 15.7. The average molecular weight is 841 g/mol. The molecule has 0 unspecified atom stereocenters. The van der Waals surface area contributed by atoms with Crippen molar-refractivity contribution in [2.75, 3.05) is 73.6 Å². The second-order valence-electron chi connectivity index (χ2n) is 15.9. The maximum atomic E-state index is 15.7. The lowest BCUT2D eigenvalue weighted by atomic mass is 10.1. The van der Waals surface area contributed by atoms with E-state index in [2.05, 4.69) is 9.98 Å². The predicted molar refractivity (Wildman–Crippen MR) is 229 cm³/mol. The zero-order valence-corrected chi connectivity index (χ0v) is 33.2. The van der Waals surface area contributed by atoms with Gasteiger partial charge in [-0.15, -0.1) is 0 Å². The van der Waals surface area contributed by atoms with Crippen LogP contribution in [0, 0.1) is 22.5 Å². The zero-order valence-electron chi connectivity index (χ0n) is 33.2. The summed E-state index contributed by atoms with van der Waals surface area (Å²) in [5, 5.41) is 26.6. The number of nitrogens with one attached hydrogen (secondary N) is 2. The van der Waals surface area contributed by atoms with Gasteiger partial charge in [0.05, 0.1) is 51.0 Å². The molecule has 11 N–H and O–H groups in total. The second kappa shape index (κ2) is 15.8. The molecule has 2 aromatic carbocycles. The van der Waals surface area contributed by atoms with E-state index in [9.17, 15) is 24.3 Å². The summed E-state index contributed by atoms with van der Waals surface area (Å²) in [6.45, 7) is 2.53. The van der Waals surface area contributed by atoms with Crippen LogP contribution in [0.2, 0.25) is 0 Å². The quantitative estimate of drug-likeness (QED) is 0.0722. The second-order valence-corrected chi connectivity index (χ2v) is 15.9. The van der Waals surface area contributed by atoms with E-state index < -0.39 is 52.6 Å². The van der Waals surface area contributed by atoms with Crippen molar-refractivity contribution >= 4 is 79.9 Å². The first-order chi connectivity index (χ1) is 29.1. The molecule has 61 heavy (non-hydrogen) atoms. The van der Waals surface area contributed by atoms with Crippen molar-refractivity contribution in [3.05, 3.63) is 68.2 Å². The van der Waals surface area contributed by atoms with Gasteiger partial charge in [0.15, 0.2) is 23.0 Å². The van der Waals surface area contributed by atoms with Crippen LogP contribution >= 0.6 is 0 Å². The smallest absolute Gasteiger partial charge is 0.341 e. The topological polar surface area (TPSA) is 288 Å². The number of carbonyl (C=O) groups is 2. The molecule has 4 fully saturated rings. The molecule has 4 aromatic rings. The summed E-state index contributed by atoms with van der Waals surface area (Å²) >= 11 is 0. The summed E-state index contributed by atoms with van der Waals surface area (Å²) in [5.41, 5.74) is 23.5. The van der Waals surface area contributed by atoms with Crippen LogP contribution in [-0.2, 0) is 4.79 Å². The van der Waals surface area contributed by atoms with Crippen molar-refractivity contribution in [1.29, 1.82) is 10.8 Å². The minimum Gasteiger partial charge on any atom is -0.477 e. The molecule has 21 heteroatoms. The van der Waals surface area contributed by atoms with Crippen molar-refractivity contribution in [2.45, 2.75) is 50.6 Å². The van der Waals surface area contributed by atoms with E-state index in [1.807, 2.05) is 9.47 Å². The van der Waals surface area contributed by atoms with E-state index in [0.29, 0.717) is 42.9 Å². The van der Waals surface area contributed by atoms with E-state index in [4.69, 9.17) is 33.8 Å². The van der Waals surface area contributed by atoms with Crippen LogP contribution in [0.1, 0.15) is 61.0 Å². The number of carboxylic acid groups (broad SMARTS) is 1. The molecule has 4 heterocycles. The van der Waals surface area contributed by atoms with Crippen molar-refractivity contribution in [2.24, 2.45) is 21.5 Å². The molecule has 0 atom stereocenters. The zero-order chi connectivity index (χ0) is 43.4. The Bertz CT molecular complexity index is 2710. The Morgan fingerprint density at radius 3 is 1.84 bits per heavy atom. The minimum atomic E-state index is -1.41. The highest BCUT2D eigenvalue weighted by Gasteiger charge is 2.32. The van der Waals surface area contributed by atoms with Gasteiger partial charge in [0.1, 0.15) is 11.4 Å². The fourth-order valence-electron chi connectivity index (χ4n) is 8.19. The summed E-state index contributed by atoms with van der Waals surface area (Å²) in [6.07, 6.45) is 6.01. The number of halogens is 2. The lowest BCUT2D eigenvalue weighted by molar-refractivity contribution is -0.116. The van der Waals surface area contributed by atoms with Gasteiger partial charge in [0.2, 0.25) is 11.4 Å². The summed E-state index contributed by atoms with van der Waals surface area (Å²) in [6, 6.07) is 4.84. The van der Waals surface area contributed by atoms with Crippen LogP contribution in [0.5, 0.6) is 0 Å². The Labute approximate surface area is 346 Å². The molecule has 1 amide bonds. The third kappa shape index (κ3) is 7.89. The number of rotatable bonds is 9. The van der Waals surface area contributed by atoms with Gasteiger partial charge < -0.3 is 62.2 Å². The number of fused-ring (bicyclic) bond motifs is 2. The molecule has 2 aliphatic carbocycles. The number of carbonyl (C=O) groups excluding carboxylic acids is 1. The Morgan fingerprint density at radius 1 is 0.754 bits per heavy atom. The molecule has 2 saturated carbocycles. The molecule has 19 nitrogen and oxygen atoms in total. The van der Waals surface area contributed by atoms with Crippen LogP contribution in [0.15, 0.2) is 50.2 Å². The number of pyridine rings is 2. The number of amides is 1. The van der Waals surface area contributed by atoms with Crippen molar-refractivity contribution in [3.63, 3.8) is 0 Å². The number of nitrogens with two attached hydrogens (primary N) is 4. The van der Waals surface area contributed by atoms with Gasteiger partial charge in [0.25, 0.3) is 5.91 Å². The van der Waals surface area contributed by atoms with Crippen LogP contribution in [0.3, 0.4) is 0 Å². The standard InChI is InChI=1S/C40H46F2N14O5/c41-33-26(17-24-31(35(33)45)28(57)5-6-55(24)21-1-2-21)51-7-11-53(12-8-51)29(44)15-20(43)16-30(58)49-39(47)50-40(48)54-13-9-52(10-14-54)27-18-25-32(36(46)34(27)42)37(59)23(38(60)61)19-56(25)22-3-4-22/h5-6,17-19,21-22,43-44H,1-4,7-16,45-46H2,(H,60,61)(H4,47,48,49,50,58). The number of anilines is 4. The summed E-state index contributed by atoms with van der Waals surface area (Å²) in [5.74, 6) is -3.98. The van der Waals surface area contributed by atoms with Gasteiger partial charge in [-0.2, -0.15) is 9.98 Å². The first-order valence-electron chi connectivity index (χ1n) is 20.0. The molecule has 0 bridgehead atoms. The molecule has 0 radical (unpaired) electrons. The third-order valence-electron chi connectivity index (χ3n) is 11.7. The van der Waals surface area contributed by atoms with E-state index in [1.54, 1.807) is 31.5 Å². The lowest BCUT2D eigenvalue weighted by Crippen LogP contribution is -2.51. The minimum absolute atomic E-state index is 0.0217. The number of aliphatic imine (C=N–C) groups is 2. The monoisotopic (exact) mass is 840 g/mol. The highest BCUT2D eigenvalue weighted by atomic mass is 19.1. The Morgan fingerprint density at radius 2 is 1.28 bits per heavy atom. The molecular formula is C40H46F2N14O5. The number of carboxylic acids is 1. The number of aromatic nitrogens is 2. The van der Waals surface area contributed by atoms with Crippen LogP contribution < -0.4 is 43.6 Å². The number of amidine groups is 1. The molecule has 2 saturated heterocycles. The molecular weight excluding hydrogens is 795 g/mol. The molecule has 2 aliphatic heterocycles. The van der Waals surface area contributed by atoms with E-state index in [1.165, 1.54) is 18.3 Å². The first kappa shape index (κ1) is 40.7. The number of benzene rings is 2. The normalized spacial score (nSPS) is 17.7. The number of hydrogen-bond donors (Lipinski definition) is 7. The van der Waals surface area contributed by atoms with Gasteiger partial charge >= 0.3 is 5.97 Å². The number of piperazine rings is 2. The van der Waals surface area contributed by atoms with Gasteiger partial charge in [-0.1, -0.05) is 0 Å². The third-order valence-corrected chi connectivity index (χ3v) is 11.7. The largest absolute Gasteiger partial charge is 0.477 e. The van der Waals surface area contributed by atoms with E-state index in [-0.39, 0.29) is 89.8 Å². The number of hydrogen-bond acceptors (Lipinski definition) is 10. The first-order valence-corrected chi connectivity index (χ1v) is 20.0. The van der Waals surface area contributed by atoms with Crippen LogP contribution in [0.25, 0.3) is 21.8 Å². The van der Waals surface area contributed by atoms with Crippen molar-refractivity contribution in [1.82, 2.24) is 18.9 Å². The molecule has 8 rings (SSSR count). The van der Waals surface area contributed by atoms with Gasteiger partial charge in [-0.3, -0.25) is 19.8 Å². The van der Waals surface area contributed by atoms with Gasteiger partial charge in [0, 0.05) is 95.0 Å². The average Bonchev–Trinajstić information content (AvgIpc) is 4.16. The lowest BCUT2D eigenvalue weighted by Gasteiger charge is -2.37. The molecule has 4 aliphatic rings. The van der Waals surface area contributed by atoms with Crippen LogP contribution in [0.4, 0.5) is 31.5 Å². The Kier molecular flexibility index (Phi) is 10.6. The Hall–Kier alpha value is -7.06. The van der Waals surface area contributed by atoms with E-state index >= 15 is 8.78 Å². The Balaban J connectivity index is 0.841. The highest BCUT2D eigenvalue weighted by Crippen LogP contribution is 2.41. The van der Waals surface area contributed by atoms with E-state index in [0.717, 1.165) is 25.7 Å². The van der Waals surface area contributed by atoms with Gasteiger partial charge in [-0.05, 0) is 37.8 Å². The number of nitrogen functional groups attached to an aromatic ring is 2. The fraction of sp³-hybridized carbons (Fsp3) is 0.400. The molecule has 0 spiro atoms. The van der Waals surface area contributed by atoms with Gasteiger partial charge in [-0.25, -0.2) is 13.6 Å². The summed E-state index contributed by atoms with van der Waals surface area (Å²) in [7, 11) is 0. The number of aromatic carboxylic acids is 1. The maximum Gasteiger partial charge on any atom is 0.341 e.